The van der Waals surface area contributed by atoms with Crippen molar-refractivity contribution in [2.45, 2.75) is 6.04 Å². The minimum atomic E-state index is -0.216. The topological polar surface area (TPSA) is 38.9 Å². The second-order valence-corrected chi connectivity index (χ2v) is 5.80. The molecular formula is C14H11ClN2S. The number of benzene rings is 1. The van der Waals surface area contributed by atoms with Crippen LogP contribution < -0.4 is 5.73 Å². The van der Waals surface area contributed by atoms with Crippen molar-refractivity contribution in [1.82, 2.24) is 4.98 Å². The van der Waals surface area contributed by atoms with Crippen molar-refractivity contribution < 1.29 is 0 Å². The molecule has 0 saturated heterocycles. The maximum atomic E-state index is 6.21. The second kappa shape index (κ2) is 4.69. The number of hydrogen-bond acceptors (Lipinski definition) is 3. The largest absolute Gasteiger partial charge is 0.318 e. The number of rotatable bonds is 2. The minimum absolute atomic E-state index is 0.216. The van der Waals surface area contributed by atoms with E-state index < -0.39 is 0 Å². The molecular weight excluding hydrogens is 264 g/mol. The first-order valence-corrected chi connectivity index (χ1v) is 6.80. The highest BCUT2D eigenvalue weighted by Crippen LogP contribution is 2.29. The molecule has 90 valence electrons. The quantitative estimate of drug-likeness (QED) is 0.767. The van der Waals surface area contributed by atoms with Crippen LogP contribution in [0, 0.1) is 0 Å². The van der Waals surface area contributed by atoms with Gasteiger partial charge < -0.3 is 5.73 Å². The lowest BCUT2D eigenvalue weighted by Crippen LogP contribution is -2.11. The summed E-state index contributed by atoms with van der Waals surface area (Å²) in [5.41, 5.74) is 8.04. The van der Waals surface area contributed by atoms with Crippen LogP contribution in [-0.4, -0.2) is 4.98 Å². The fourth-order valence-electron chi connectivity index (χ4n) is 1.90. The maximum absolute atomic E-state index is 6.21. The van der Waals surface area contributed by atoms with E-state index >= 15 is 0 Å². The SMILES string of the molecule is NC(c1ccc2ccccc2n1)c1ccc(Cl)s1. The van der Waals surface area contributed by atoms with Gasteiger partial charge in [0.25, 0.3) is 0 Å². The Morgan fingerprint density at radius 3 is 2.67 bits per heavy atom. The van der Waals surface area contributed by atoms with E-state index in [9.17, 15) is 0 Å². The van der Waals surface area contributed by atoms with Gasteiger partial charge in [0.1, 0.15) is 0 Å². The summed E-state index contributed by atoms with van der Waals surface area (Å²) in [5, 5.41) is 1.12. The summed E-state index contributed by atoms with van der Waals surface area (Å²) in [7, 11) is 0. The first-order valence-electron chi connectivity index (χ1n) is 5.60. The van der Waals surface area contributed by atoms with E-state index in [1.54, 1.807) is 0 Å². The lowest BCUT2D eigenvalue weighted by atomic mass is 10.1. The van der Waals surface area contributed by atoms with Gasteiger partial charge in [-0.1, -0.05) is 35.9 Å². The summed E-state index contributed by atoms with van der Waals surface area (Å²) in [4.78, 5) is 5.63. The second-order valence-electron chi connectivity index (χ2n) is 4.05. The highest BCUT2D eigenvalue weighted by molar-refractivity contribution is 7.16. The van der Waals surface area contributed by atoms with Crippen LogP contribution in [0.3, 0.4) is 0 Å². The molecule has 0 aliphatic carbocycles. The summed E-state index contributed by atoms with van der Waals surface area (Å²) in [6.45, 7) is 0. The van der Waals surface area contributed by atoms with Gasteiger partial charge in [0.05, 0.1) is 21.6 Å². The zero-order chi connectivity index (χ0) is 12.5. The molecule has 2 nitrogen and oxygen atoms in total. The molecule has 18 heavy (non-hydrogen) atoms. The molecule has 1 atom stereocenters. The van der Waals surface area contributed by atoms with Crippen LogP contribution in [0.15, 0.2) is 48.5 Å². The Hall–Kier alpha value is -1.42. The number of hydrogen-bond donors (Lipinski definition) is 1. The van der Waals surface area contributed by atoms with E-state index in [-0.39, 0.29) is 6.04 Å². The summed E-state index contributed by atoms with van der Waals surface area (Å²) >= 11 is 7.43. The predicted molar refractivity (Wildman–Crippen MR) is 77.1 cm³/mol. The van der Waals surface area contributed by atoms with E-state index in [1.807, 2.05) is 48.5 Å². The van der Waals surface area contributed by atoms with Gasteiger partial charge in [-0.25, -0.2) is 0 Å². The van der Waals surface area contributed by atoms with Gasteiger partial charge in [0, 0.05) is 10.3 Å². The predicted octanol–water partition coefficient (Wildman–Crippen LogP) is 4.00. The Morgan fingerprint density at radius 1 is 1.06 bits per heavy atom. The van der Waals surface area contributed by atoms with E-state index in [1.165, 1.54) is 11.3 Å². The third-order valence-electron chi connectivity index (χ3n) is 2.84. The van der Waals surface area contributed by atoms with E-state index in [0.717, 1.165) is 25.8 Å². The van der Waals surface area contributed by atoms with Gasteiger partial charge in [-0.2, -0.15) is 0 Å². The zero-order valence-electron chi connectivity index (χ0n) is 9.51. The first-order chi connectivity index (χ1) is 8.74. The van der Waals surface area contributed by atoms with Crippen LogP contribution in [0.2, 0.25) is 4.34 Å². The van der Waals surface area contributed by atoms with E-state index in [0.29, 0.717) is 0 Å². The maximum Gasteiger partial charge on any atom is 0.0931 e. The van der Waals surface area contributed by atoms with E-state index in [2.05, 4.69) is 4.98 Å². The van der Waals surface area contributed by atoms with Gasteiger partial charge in [0.15, 0.2) is 0 Å². The fourth-order valence-corrected chi connectivity index (χ4v) is 2.97. The molecule has 0 radical (unpaired) electrons. The van der Waals surface area contributed by atoms with E-state index in [4.69, 9.17) is 17.3 Å². The smallest absolute Gasteiger partial charge is 0.0931 e. The van der Waals surface area contributed by atoms with Crippen LogP contribution in [0.5, 0.6) is 0 Å². The van der Waals surface area contributed by atoms with Crippen molar-refractivity contribution in [2.75, 3.05) is 0 Å². The molecule has 0 aliphatic rings. The molecule has 0 bridgehead atoms. The third-order valence-corrected chi connectivity index (χ3v) is 4.15. The van der Waals surface area contributed by atoms with Crippen LogP contribution in [-0.2, 0) is 0 Å². The molecule has 3 rings (SSSR count). The van der Waals surface area contributed by atoms with Crippen LogP contribution >= 0.6 is 22.9 Å². The van der Waals surface area contributed by atoms with Crippen molar-refractivity contribution >= 4 is 33.8 Å². The molecule has 0 saturated carbocycles. The summed E-state index contributed by atoms with van der Waals surface area (Å²) in [6.07, 6.45) is 0. The normalized spacial score (nSPS) is 12.8. The number of fused-ring (bicyclic) bond motifs is 1. The minimum Gasteiger partial charge on any atom is -0.318 e. The Kier molecular flexibility index (Phi) is 3.04. The van der Waals surface area contributed by atoms with Crippen LogP contribution in [0.4, 0.5) is 0 Å². The molecule has 0 spiro atoms. The molecule has 0 aliphatic heterocycles. The highest BCUT2D eigenvalue weighted by Gasteiger charge is 2.13. The Bertz CT molecular complexity index is 693. The molecule has 2 N–H and O–H groups in total. The number of aromatic nitrogens is 1. The van der Waals surface area contributed by atoms with Crippen molar-refractivity contribution in [3.63, 3.8) is 0 Å². The Labute approximate surface area is 114 Å². The van der Waals surface area contributed by atoms with Gasteiger partial charge in [0.2, 0.25) is 0 Å². The van der Waals surface area contributed by atoms with Gasteiger partial charge >= 0.3 is 0 Å². The molecule has 3 aromatic rings. The number of nitrogens with two attached hydrogens (primary N) is 1. The lowest BCUT2D eigenvalue weighted by molar-refractivity contribution is 0.855. The monoisotopic (exact) mass is 274 g/mol. The van der Waals surface area contributed by atoms with Crippen molar-refractivity contribution in [3.05, 3.63) is 63.4 Å². The number of halogens is 1. The summed E-state index contributed by atoms with van der Waals surface area (Å²) in [5.74, 6) is 0. The van der Waals surface area contributed by atoms with Crippen molar-refractivity contribution in [1.29, 1.82) is 0 Å². The Morgan fingerprint density at radius 2 is 1.89 bits per heavy atom. The average Bonchev–Trinajstić information content (AvgIpc) is 2.84. The standard InChI is InChI=1S/C14H11ClN2S/c15-13-8-7-12(18-13)14(16)11-6-5-9-3-1-2-4-10(9)17-11/h1-8,14H,16H2. The van der Waals surface area contributed by atoms with Crippen LogP contribution in [0.1, 0.15) is 16.6 Å². The van der Waals surface area contributed by atoms with Crippen LogP contribution in [0.25, 0.3) is 10.9 Å². The number of thiophene rings is 1. The number of pyridine rings is 1. The molecule has 4 heteroatoms. The van der Waals surface area contributed by atoms with Gasteiger partial charge in [-0.05, 0) is 24.3 Å². The summed E-state index contributed by atoms with van der Waals surface area (Å²) < 4.78 is 0.751. The average molecular weight is 275 g/mol. The summed E-state index contributed by atoms with van der Waals surface area (Å²) in [6, 6.07) is 15.6. The molecule has 1 unspecified atom stereocenters. The first kappa shape index (κ1) is 11.7. The number of para-hydroxylation sites is 1. The third kappa shape index (κ3) is 2.12. The molecule has 1 aromatic carbocycles. The zero-order valence-corrected chi connectivity index (χ0v) is 11.1. The van der Waals surface area contributed by atoms with Crippen molar-refractivity contribution in [2.24, 2.45) is 5.73 Å². The lowest BCUT2D eigenvalue weighted by Gasteiger charge is -2.09. The fraction of sp³-hybridized carbons (Fsp3) is 0.0714. The van der Waals surface area contributed by atoms with Gasteiger partial charge in [-0.3, -0.25) is 4.98 Å². The van der Waals surface area contributed by atoms with Gasteiger partial charge in [-0.15, -0.1) is 11.3 Å². The Balaban J connectivity index is 2.03. The molecule has 0 amide bonds. The molecule has 2 aromatic heterocycles. The highest BCUT2D eigenvalue weighted by atomic mass is 35.5. The van der Waals surface area contributed by atoms with Crippen molar-refractivity contribution in [3.8, 4) is 0 Å². The number of nitrogens with zero attached hydrogens (tertiary/aromatic N) is 1. The molecule has 2 heterocycles. The molecule has 0 fully saturated rings.